The Morgan fingerprint density at radius 3 is 2.46 bits per heavy atom. The number of benzene rings is 1. The number of Topliss-reactive ketones (excluding diaryl/α,β-unsaturated/α-hetero) is 1. The van der Waals surface area contributed by atoms with Gasteiger partial charge in [-0.15, -0.1) is 24.1 Å². The van der Waals surface area contributed by atoms with Crippen LogP contribution in [0.1, 0.15) is 73.8 Å². The fraction of sp³-hybridized carbons (Fsp3) is 0.562. The van der Waals surface area contributed by atoms with E-state index in [1.165, 1.54) is 10.5 Å². The number of rotatable bonds is 11. The maximum atomic E-state index is 12.5. The zero-order valence-corrected chi connectivity index (χ0v) is 27.8. The molecule has 1 aromatic rings. The highest BCUT2D eigenvalue weighted by atomic mass is 32.2. The second-order valence-corrected chi connectivity index (χ2v) is 14.1. The molecule has 1 saturated carbocycles. The Bertz CT molecular complexity index is 1270. The molecule has 4 atom stereocenters. The van der Waals surface area contributed by atoms with Crippen molar-refractivity contribution >= 4 is 31.3 Å². The van der Waals surface area contributed by atoms with E-state index in [1.807, 2.05) is 66.0 Å². The number of nitrogens with one attached hydrogen (secondary N) is 1. The van der Waals surface area contributed by atoms with Gasteiger partial charge in [-0.25, -0.2) is 9.65 Å². The predicted molar refractivity (Wildman–Crippen MR) is 167 cm³/mol. The number of carbonyl (C=O) groups is 2. The van der Waals surface area contributed by atoms with Crippen molar-refractivity contribution in [3.05, 3.63) is 46.6 Å². The van der Waals surface area contributed by atoms with E-state index in [-0.39, 0.29) is 41.5 Å². The SMILES string of the molecule is C#CCC1=C(C)[C@@H](OC(=O)C2C(C=C(C)C)C2(C)C)CC1=O.CCOP(=O)(NC(C)C)Oc1ccc(SC)c(C)c1. The highest BCUT2D eigenvalue weighted by Crippen LogP contribution is 2.60. The van der Waals surface area contributed by atoms with Crippen LogP contribution in [0, 0.1) is 36.5 Å². The number of hydrogen-bond donors (Lipinski definition) is 1. The monoisotopic (exact) mass is 603 g/mol. The average molecular weight is 604 g/mol. The second kappa shape index (κ2) is 14.7. The summed E-state index contributed by atoms with van der Waals surface area (Å²) in [5.41, 5.74) is 3.68. The van der Waals surface area contributed by atoms with Crippen LogP contribution in [0.15, 0.2) is 45.9 Å². The number of carbonyl (C=O) groups excluding carboxylic acids is 2. The van der Waals surface area contributed by atoms with Crippen LogP contribution in [0.25, 0.3) is 0 Å². The lowest BCUT2D eigenvalue weighted by molar-refractivity contribution is -0.150. The minimum atomic E-state index is -3.30. The first kappa shape index (κ1) is 34.9. The minimum Gasteiger partial charge on any atom is -0.457 e. The molecule has 2 aliphatic rings. The van der Waals surface area contributed by atoms with Crippen LogP contribution in [0.2, 0.25) is 0 Å². The maximum absolute atomic E-state index is 12.5. The van der Waals surface area contributed by atoms with Crippen molar-refractivity contribution in [3.63, 3.8) is 0 Å². The quantitative estimate of drug-likeness (QED) is 0.0905. The largest absolute Gasteiger partial charge is 0.458 e. The fourth-order valence-corrected chi connectivity index (χ4v) is 7.09. The van der Waals surface area contributed by atoms with E-state index >= 15 is 0 Å². The molecule has 0 radical (unpaired) electrons. The minimum absolute atomic E-state index is 0.00385. The van der Waals surface area contributed by atoms with Crippen LogP contribution in [0.3, 0.4) is 0 Å². The van der Waals surface area contributed by atoms with Crippen LogP contribution in [0.5, 0.6) is 5.75 Å². The van der Waals surface area contributed by atoms with Crippen molar-refractivity contribution in [1.29, 1.82) is 0 Å². The van der Waals surface area contributed by atoms with Crippen LogP contribution in [-0.4, -0.2) is 36.8 Å². The molecule has 0 amide bonds. The lowest BCUT2D eigenvalue weighted by Crippen LogP contribution is -2.23. The number of ether oxygens (including phenoxy) is 1. The molecule has 0 saturated heterocycles. The van der Waals surface area contributed by atoms with Crippen molar-refractivity contribution < 1.29 is 27.9 Å². The number of allylic oxidation sites excluding steroid dienone is 3. The molecule has 0 aromatic heterocycles. The van der Waals surface area contributed by atoms with Gasteiger partial charge in [-0.3, -0.25) is 14.1 Å². The molecule has 0 aliphatic heterocycles. The van der Waals surface area contributed by atoms with Crippen LogP contribution in [-0.2, 0) is 23.4 Å². The molecule has 1 N–H and O–H groups in total. The lowest BCUT2D eigenvalue weighted by Gasteiger charge is -2.21. The Labute approximate surface area is 250 Å². The first-order valence-corrected chi connectivity index (χ1v) is 16.7. The smallest absolute Gasteiger partial charge is 0.457 e. The van der Waals surface area contributed by atoms with Crippen LogP contribution >= 0.6 is 19.5 Å². The Morgan fingerprint density at radius 2 is 1.95 bits per heavy atom. The van der Waals surface area contributed by atoms with Crippen LogP contribution < -0.4 is 9.61 Å². The van der Waals surface area contributed by atoms with E-state index < -0.39 is 13.9 Å². The summed E-state index contributed by atoms with van der Waals surface area (Å²) in [6, 6.07) is 5.66. The van der Waals surface area contributed by atoms with Gasteiger partial charge < -0.3 is 9.26 Å². The number of thioether (sulfide) groups is 1. The molecule has 9 heteroatoms. The fourth-order valence-electron chi connectivity index (χ4n) is 4.96. The highest BCUT2D eigenvalue weighted by molar-refractivity contribution is 7.98. The molecule has 0 spiro atoms. The molecule has 1 fully saturated rings. The van der Waals surface area contributed by atoms with Gasteiger partial charge in [0.15, 0.2) is 5.78 Å². The Kier molecular flexibility index (Phi) is 12.5. The number of terminal acetylenes is 1. The van der Waals surface area contributed by atoms with E-state index in [1.54, 1.807) is 18.7 Å². The molecular formula is C32H46NO6PS. The van der Waals surface area contributed by atoms with E-state index in [2.05, 4.69) is 30.9 Å². The van der Waals surface area contributed by atoms with Gasteiger partial charge in [-0.05, 0) is 95.4 Å². The molecule has 1 aromatic carbocycles. The molecule has 41 heavy (non-hydrogen) atoms. The third kappa shape index (κ3) is 9.35. The van der Waals surface area contributed by atoms with E-state index in [9.17, 15) is 14.2 Å². The summed E-state index contributed by atoms with van der Waals surface area (Å²) < 4.78 is 28.9. The summed E-state index contributed by atoms with van der Waals surface area (Å²) in [6.07, 6.45) is 9.55. The molecule has 7 nitrogen and oxygen atoms in total. The van der Waals surface area contributed by atoms with Crippen molar-refractivity contribution in [2.45, 2.75) is 92.2 Å². The molecule has 2 aliphatic carbocycles. The van der Waals surface area contributed by atoms with Crippen LogP contribution in [0.4, 0.5) is 0 Å². The van der Waals surface area contributed by atoms with Crippen molar-refractivity contribution in [3.8, 4) is 18.1 Å². The third-order valence-electron chi connectivity index (χ3n) is 7.19. The van der Waals surface area contributed by atoms with Gasteiger partial charge in [0.1, 0.15) is 11.9 Å². The lowest BCUT2D eigenvalue weighted by atomic mass is 10.1. The van der Waals surface area contributed by atoms with Crippen molar-refractivity contribution in [1.82, 2.24) is 5.09 Å². The van der Waals surface area contributed by atoms with E-state index in [0.717, 1.165) is 11.1 Å². The number of hydrogen-bond acceptors (Lipinski definition) is 7. The third-order valence-corrected chi connectivity index (χ3v) is 9.97. The summed E-state index contributed by atoms with van der Waals surface area (Å²) in [4.78, 5) is 25.6. The normalized spacial score (nSPS) is 22.3. The zero-order valence-electron chi connectivity index (χ0n) is 26.1. The summed E-state index contributed by atoms with van der Waals surface area (Å²) in [5.74, 6) is 2.95. The highest BCUT2D eigenvalue weighted by Gasteiger charge is 2.61. The number of aryl methyl sites for hydroxylation is 1. The summed E-state index contributed by atoms with van der Waals surface area (Å²) in [5, 5.41) is 2.86. The summed E-state index contributed by atoms with van der Waals surface area (Å²) >= 11 is 1.67. The average Bonchev–Trinajstić information content (AvgIpc) is 3.28. The maximum Gasteiger partial charge on any atom is 0.458 e. The zero-order chi connectivity index (χ0) is 31.1. The topological polar surface area (TPSA) is 90.9 Å². The van der Waals surface area contributed by atoms with Gasteiger partial charge in [0, 0.05) is 22.9 Å². The van der Waals surface area contributed by atoms with Gasteiger partial charge in [-0.1, -0.05) is 25.5 Å². The van der Waals surface area contributed by atoms with Gasteiger partial charge in [-0.2, -0.15) is 0 Å². The molecule has 3 unspecified atom stereocenters. The van der Waals surface area contributed by atoms with Gasteiger partial charge in [0.25, 0.3) is 0 Å². The van der Waals surface area contributed by atoms with Gasteiger partial charge in [0.05, 0.1) is 18.9 Å². The van der Waals surface area contributed by atoms with Gasteiger partial charge >= 0.3 is 13.7 Å². The standard InChI is InChI=1S/C19H24O3.C13H22NO3PS/c1-7-8-13-12(4)16(10-15(13)20)22-18(21)17-14(9-11(2)3)19(17,5)6;1-6-16-18(15,14-10(2)3)17-12-7-8-13(19-5)11(4)9-12/h1,9,14,16-17H,8,10H2,2-6H3;7-10H,6H2,1-5H3,(H,14,15)/t14?,16-,17?;/m0./s1. The molecule has 3 rings (SSSR count). The molecular weight excluding hydrogens is 557 g/mol. The Morgan fingerprint density at radius 1 is 1.29 bits per heavy atom. The molecule has 0 bridgehead atoms. The Balaban J connectivity index is 0.000000290. The van der Waals surface area contributed by atoms with Gasteiger partial charge in [0.2, 0.25) is 0 Å². The molecule has 226 valence electrons. The summed E-state index contributed by atoms with van der Waals surface area (Å²) in [7, 11) is -3.30. The predicted octanol–water partition coefficient (Wildman–Crippen LogP) is 7.69. The molecule has 0 heterocycles. The second-order valence-electron chi connectivity index (χ2n) is 11.6. The Hall–Kier alpha value is -2.30. The van der Waals surface area contributed by atoms with Crippen molar-refractivity contribution in [2.24, 2.45) is 17.3 Å². The number of esters is 1. The first-order chi connectivity index (χ1) is 19.1. The summed E-state index contributed by atoms with van der Waals surface area (Å²) in [6.45, 7) is 18.0. The first-order valence-electron chi connectivity index (χ1n) is 14.0. The van der Waals surface area contributed by atoms with E-state index in [0.29, 0.717) is 24.4 Å². The van der Waals surface area contributed by atoms with Crippen molar-refractivity contribution in [2.75, 3.05) is 12.9 Å². The number of ketones is 1. The van der Waals surface area contributed by atoms with E-state index in [4.69, 9.17) is 20.2 Å².